The Kier molecular flexibility index (Phi) is 6.27. The molecule has 6 nitrogen and oxygen atoms in total. The molecule has 4 N–H and O–H groups in total. The summed E-state index contributed by atoms with van der Waals surface area (Å²) in [5.41, 5.74) is 8.53. The van der Waals surface area contributed by atoms with E-state index in [1.54, 1.807) is 19.1 Å². The van der Waals surface area contributed by atoms with Crippen LogP contribution in [-0.2, 0) is 0 Å². The summed E-state index contributed by atoms with van der Waals surface area (Å²) in [6, 6.07) is 4.63. The van der Waals surface area contributed by atoms with Crippen molar-refractivity contribution >= 4 is 22.5 Å². The largest absolute Gasteiger partial charge is 0.508 e. The van der Waals surface area contributed by atoms with Crippen LogP contribution in [-0.4, -0.2) is 32.8 Å². The lowest BCUT2D eigenvalue weighted by Gasteiger charge is -2.16. The van der Waals surface area contributed by atoms with E-state index >= 15 is 0 Å². The average Bonchev–Trinajstić information content (AvgIpc) is 2.65. The van der Waals surface area contributed by atoms with Gasteiger partial charge in [-0.05, 0) is 31.5 Å². The molecule has 28 heavy (non-hydrogen) atoms. The Bertz CT molecular complexity index is 989. The van der Waals surface area contributed by atoms with Gasteiger partial charge in [-0.25, -0.2) is 15.0 Å². The Morgan fingerprint density at radius 1 is 1.14 bits per heavy atom. The third-order valence-corrected chi connectivity index (χ3v) is 4.00. The SMILES string of the molecule is CC.Cc1ccc(O)c(C)c1-c1nc(NCC(F)(F)F)cc2c(N)ncnc12. The highest BCUT2D eigenvalue weighted by atomic mass is 19.4. The molecule has 2 aromatic heterocycles. The molecule has 0 saturated carbocycles. The topological polar surface area (TPSA) is 97.0 Å². The Labute approximate surface area is 160 Å². The van der Waals surface area contributed by atoms with Crippen molar-refractivity contribution in [2.75, 3.05) is 17.6 Å². The monoisotopic (exact) mass is 393 g/mol. The maximum atomic E-state index is 12.6. The zero-order chi connectivity index (χ0) is 21.1. The van der Waals surface area contributed by atoms with Crippen molar-refractivity contribution in [1.29, 1.82) is 0 Å². The van der Waals surface area contributed by atoms with Gasteiger partial charge < -0.3 is 16.2 Å². The number of hydrogen-bond donors (Lipinski definition) is 3. The molecule has 0 spiro atoms. The van der Waals surface area contributed by atoms with Gasteiger partial charge in [-0.15, -0.1) is 0 Å². The van der Waals surface area contributed by atoms with Gasteiger partial charge in [0.15, 0.2) is 0 Å². The summed E-state index contributed by atoms with van der Waals surface area (Å²) in [5.74, 6) is 0.175. The van der Waals surface area contributed by atoms with Gasteiger partial charge in [0.2, 0.25) is 0 Å². The number of pyridine rings is 1. The van der Waals surface area contributed by atoms with Crippen LogP contribution in [0.15, 0.2) is 24.5 Å². The van der Waals surface area contributed by atoms with Crippen LogP contribution < -0.4 is 11.1 Å². The third kappa shape index (κ3) is 4.41. The highest BCUT2D eigenvalue weighted by molar-refractivity contribution is 5.99. The average molecular weight is 393 g/mol. The van der Waals surface area contributed by atoms with Crippen molar-refractivity contribution < 1.29 is 18.3 Å². The molecule has 0 aliphatic heterocycles. The smallest absolute Gasteiger partial charge is 0.405 e. The molecule has 0 amide bonds. The zero-order valence-corrected chi connectivity index (χ0v) is 16.0. The molecule has 0 saturated heterocycles. The molecular weight excluding hydrogens is 371 g/mol. The van der Waals surface area contributed by atoms with Crippen molar-refractivity contribution in [1.82, 2.24) is 15.0 Å². The highest BCUT2D eigenvalue weighted by Crippen LogP contribution is 2.36. The lowest BCUT2D eigenvalue weighted by atomic mass is 9.97. The number of phenols is 1. The Morgan fingerprint density at radius 2 is 1.82 bits per heavy atom. The van der Waals surface area contributed by atoms with Gasteiger partial charge in [0.05, 0.1) is 5.69 Å². The normalized spacial score (nSPS) is 11.1. The number of aromatic nitrogens is 3. The van der Waals surface area contributed by atoms with Gasteiger partial charge >= 0.3 is 6.18 Å². The number of halogens is 3. The molecule has 9 heteroatoms. The quantitative estimate of drug-likeness (QED) is 0.602. The summed E-state index contributed by atoms with van der Waals surface area (Å²) in [6.45, 7) is 6.28. The number of phenolic OH excluding ortho intramolecular Hbond substituents is 1. The van der Waals surface area contributed by atoms with Crippen molar-refractivity contribution in [2.24, 2.45) is 0 Å². The van der Waals surface area contributed by atoms with Crippen LogP contribution in [0.2, 0.25) is 0 Å². The first-order valence-corrected chi connectivity index (χ1v) is 8.69. The van der Waals surface area contributed by atoms with Crippen LogP contribution in [0.4, 0.5) is 24.8 Å². The van der Waals surface area contributed by atoms with E-state index in [4.69, 9.17) is 5.73 Å². The number of nitrogen functional groups attached to an aromatic ring is 1. The summed E-state index contributed by atoms with van der Waals surface area (Å²) < 4.78 is 37.7. The molecule has 3 rings (SSSR count). The minimum absolute atomic E-state index is 0.00605. The summed E-state index contributed by atoms with van der Waals surface area (Å²) >= 11 is 0. The third-order valence-electron chi connectivity index (χ3n) is 4.00. The van der Waals surface area contributed by atoms with E-state index in [0.29, 0.717) is 27.7 Å². The van der Waals surface area contributed by atoms with Gasteiger partial charge in [0.25, 0.3) is 0 Å². The molecule has 2 heterocycles. The van der Waals surface area contributed by atoms with Crippen molar-refractivity contribution in [3.8, 4) is 17.0 Å². The standard InChI is InChI=1S/C17H16F3N5O.C2H6/c1-8-3-4-11(26)9(2)13(8)15-14-10(16(21)24-7-23-14)5-12(25-15)22-6-17(18,19)20;1-2/h3-5,7,26H,6H2,1-2H3,(H,22,25)(H2,21,23,24);1-2H3. The molecule has 0 aliphatic carbocycles. The number of alkyl halides is 3. The number of hydrogen-bond acceptors (Lipinski definition) is 6. The number of anilines is 2. The van der Waals surface area contributed by atoms with E-state index in [-0.39, 0.29) is 17.4 Å². The maximum Gasteiger partial charge on any atom is 0.405 e. The van der Waals surface area contributed by atoms with Gasteiger partial charge in [-0.3, -0.25) is 0 Å². The Hall–Kier alpha value is -3.10. The Balaban J connectivity index is 0.00000136. The van der Waals surface area contributed by atoms with Gasteiger partial charge in [-0.1, -0.05) is 19.9 Å². The maximum absolute atomic E-state index is 12.6. The van der Waals surface area contributed by atoms with Crippen LogP contribution in [0.1, 0.15) is 25.0 Å². The van der Waals surface area contributed by atoms with E-state index in [2.05, 4.69) is 20.3 Å². The first-order chi connectivity index (χ1) is 13.2. The first kappa shape index (κ1) is 21.2. The van der Waals surface area contributed by atoms with E-state index in [1.165, 1.54) is 12.4 Å². The lowest BCUT2D eigenvalue weighted by Crippen LogP contribution is -2.22. The number of aromatic hydroxyl groups is 1. The molecule has 0 atom stereocenters. The fourth-order valence-corrected chi connectivity index (χ4v) is 2.74. The number of nitrogens with two attached hydrogens (primary N) is 1. The zero-order valence-electron chi connectivity index (χ0n) is 16.0. The van der Waals surface area contributed by atoms with E-state index < -0.39 is 12.7 Å². The molecular formula is C19H22F3N5O. The van der Waals surface area contributed by atoms with Crippen molar-refractivity contribution in [3.63, 3.8) is 0 Å². The minimum Gasteiger partial charge on any atom is -0.508 e. The molecule has 1 aromatic carbocycles. The highest BCUT2D eigenvalue weighted by Gasteiger charge is 2.27. The molecule has 0 fully saturated rings. The molecule has 0 aliphatic rings. The second-order valence-corrected chi connectivity index (χ2v) is 5.88. The van der Waals surface area contributed by atoms with Gasteiger partial charge in [0.1, 0.15) is 35.8 Å². The lowest BCUT2D eigenvalue weighted by molar-refractivity contribution is -0.115. The number of rotatable bonds is 3. The minimum atomic E-state index is -4.40. The van der Waals surface area contributed by atoms with Crippen LogP contribution >= 0.6 is 0 Å². The van der Waals surface area contributed by atoms with Crippen LogP contribution in [0.5, 0.6) is 5.75 Å². The van der Waals surface area contributed by atoms with Crippen LogP contribution in [0.3, 0.4) is 0 Å². The summed E-state index contributed by atoms with van der Waals surface area (Å²) in [4.78, 5) is 12.4. The number of nitrogens with one attached hydrogen (secondary N) is 1. The second kappa shape index (κ2) is 8.28. The molecule has 3 aromatic rings. The fraction of sp³-hybridized carbons (Fsp3) is 0.316. The summed E-state index contributed by atoms with van der Waals surface area (Å²) in [5, 5.41) is 12.7. The van der Waals surface area contributed by atoms with Gasteiger partial charge in [-0.2, -0.15) is 13.2 Å². The van der Waals surface area contributed by atoms with Gasteiger partial charge in [0, 0.05) is 16.5 Å². The van der Waals surface area contributed by atoms with Crippen molar-refractivity contribution in [3.05, 3.63) is 35.7 Å². The Morgan fingerprint density at radius 3 is 2.46 bits per heavy atom. The van der Waals surface area contributed by atoms with E-state index in [9.17, 15) is 18.3 Å². The predicted molar refractivity (Wildman–Crippen MR) is 104 cm³/mol. The van der Waals surface area contributed by atoms with Crippen LogP contribution in [0.25, 0.3) is 22.2 Å². The van der Waals surface area contributed by atoms with Crippen molar-refractivity contribution in [2.45, 2.75) is 33.9 Å². The van der Waals surface area contributed by atoms with E-state index in [0.717, 1.165) is 5.56 Å². The first-order valence-electron chi connectivity index (χ1n) is 8.69. The van der Waals surface area contributed by atoms with E-state index in [1.807, 2.05) is 20.8 Å². The summed E-state index contributed by atoms with van der Waals surface area (Å²) in [6.07, 6.45) is -3.13. The summed E-state index contributed by atoms with van der Waals surface area (Å²) in [7, 11) is 0. The number of benzene rings is 1. The van der Waals surface area contributed by atoms with Crippen LogP contribution in [0, 0.1) is 13.8 Å². The molecule has 0 radical (unpaired) electrons. The second-order valence-electron chi connectivity index (χ2n) is 5.88. The fourth-order valence-electron chi connectivity index (χ4n) is 2.74. The molecule has 0 bridgehead atoms. The number of aryl methyl sites for hydroxylation is 1. The number of nitrogens with zero attached hydrogens (tertiary/aromatic N) is 3. The molecule has 0 unspecified atom stereocenters. The molecule has 150 valence electrons. The number of fused-ring (bicyclic) bond motifs is 1. The predicted octanol–water partition coefficient (Wildman–Crippen LogP) is 4.60.